The number of hydrogen-bond acceptors (Lipinski definition) is 6. The summed E-state index contributed by atoms with van der Waals surface area (Å²) in [5.74, 6) is 0.312. The number of nitrogens with zero attached hydrogens (tertiary/aromatic N) is 5. The van der Waals surface area contributed by atoms with E-state index in [0.29, 0.717) is 50.0 Å². The topological polar surface area (TPSA) is 89.9 Å². The number of anilines is 1. The second kappa shape index (κ2) is 9.17. The average molecular weight is 335 g/mol. The molecule has 1 aliphatic heterocycles. The lowest BCUT2D eigenvalue weighted by Crippen LogP contribution is -2.51. The van der Waals surface area contributed by atoms with Gasteiger partial charge in [0.15, 0.2) is 0 Å². The van der Waals surface area contributed by atoms with Crippen molar-refractivity contribution in [2.24, 2.45) is 5.92 Å². The zero-order valence-corrected chi connectivity index (χ0v) is 14.0. The zero-order chi connectivity index (χ0) is 17.4. The molecule has 8 heteroatoms. The van der Waals surface area contributed by atoms with E-state index >= 15 is 0 Å². The number of carbonyl (C=O) groups is 2. The first-order valence-corrected chi connectivity index (χ1v) is 8.37. The van der Waals surface area contributed by atoms with Gasteiger partial charge in [0.25, 0.3) is 0 Å². The first-order chi connectivity index (χ1) is 11.7. The van der Waals surface area contributed by atoms with E-state index in [1.165, 1.54) is 0 Å². The predicted molar refractivity (Wildman–Crippen MR) is 88.4 cm³/mol. The molecule has 0 radical (unpaired) electrons. The number of hydrogen-bond donors (Lipinski definition) is 1. The Morgan fingerprint density at radius 1 is 1.33 bits per heavy atom. The van der Waals surface area contributed by atoms with E-state index in [4.69, 9.17) is 0 Å². The van der Waals surface area contributed by atoms with Gasteiger partial charge in [-0.25, -0.2) is 15.0 Å². The van der Waals surface area contributed by atoms with Crippen LogP contribution in [0.4, 0.5) is 5.95 Å². The lowest BCUT2D eigenvalue weighted by atomic mass is 10.00. The highest BCUT2D eigenvalue weighted by molar-refractivity contribution is 5.79. The molecule has 8 nitrogen and oxygen atoms in total. The summed E-state index contributed by atoms with van der Waals surface area (Å²) in [6.45, 7) is 4.62. The molecule has 0 spiro atoms. The molecule has 0 aliphatic carbocycles. The summed E-state index contributed by atoms with van der Waals surface area (Å²) in [6.07, 6.45) is 6.28. The van der Waals surface area contributed by atoms with E-state index in [-0.39, 0.29) is 18.4 Å². The first-order valence-electron chi connectivity index (χ1n) is 8.37. The highest BCUT2D eigenvalue weighted by Gasteiger charge is 2.28. The second-order valence-electron chi connectivity index (χ2n) is 5.93. The van der Waals surface area contributed by atoms with Crippen molar-refractivity contribution in [3.63, 3.8) is 0 Å². The van der Waals surface area contributed by atoms with Crippen LogP contribution in [0.15, 0.2) is 18.5 Å². The number of aromatic nitrogens is 2. The number of unbranched alkanes of at least 4 members (excludes halogenated alkanes) is 1. The number of piperazine rings is 1. The number of rotatable bonds is 8. The smallest absolute Gasteiger partial charge is 0.233 e. The fourth-order valence-electron chi connectivity index (χ4n) is 2.85. The summed E-state index contributed by atoms with van der Waals surface area (Å²) >= 11 is 0. The van der Waals surface area contributed by atoms with Crippen molar-refractivity contribution >= 4 is 18.3 Å². The average Bonchev–Trinajstić information content (AvgIpc) is 2.65. The van der Waals surface area contributed by atoms with E-state index in [9.17, 15) is 14.8 Å². The molecule has 1 N–H and O–H groups in total. The normalized spacial score (nSPS) is 15.9. The van der Waals surface area contributed by atoms with E-state index in [2.05, 4.69) is 21.8 Å². The molecule has 1 unspecified atom stereocenters. The quantitative estimate of drug-likeness (QED) is 0.429. The van der Waals surface area contributed by atoms with Crippen LogP contribution < -0.4 is 4.90 Å². The SMILES string of the molecule is CCCCC(CN(O)C=O)C(=O)N1CCN(c2ncccn2)CC1. The number of amides is 2. The van der Waals surface area contributed by atoms with Crippen molar-refractivity contribution in [2.75, 3.05) is 37.6 Å². The minimum absolute atomic E-state index is 0.00187. The summed E-state index contributed by atoms with van der Waals surface area (Å²) in [7, 11) is 0. The fourth-order valence-corrected chi connectivity index (χ4v) is 2.85. The predicted octanol–water partition coefficient (Wildman–Crippen LogP) is 0.779. The molecule has 24 heavy (non-hydrogen) atoms. The van der Waals surface area contributed by atoms with Crippen LogP contribution in [0.5, 0.6) is 0 Å². The van der Waals surface area contributed by atoms with Crippen LogP contribution in [0.25, 0.3) is 0 Å². The Kier molecular flexibility index (Phi) is 6.92. The molecule has 1 saturated heterocycles. The van der Waals surface area contributed by atoms with Crippen LogP contribution in [0.1, 0.15) is 26.2 Å². The van der Waals surface area contributed by atoms with Crippen LogP contribution in [-0.4, -0.2) is 70.2 Å². The van der Waals surface area contributed by atoms with Gasteiger partial charge < -0.3 is 9.80 Å². The second-order valence-corrected chi connectivity index (χ2v) is 5.93. The van der Waals surface area contributed by atoms with Gasteiger partial charge in [-0.15, -0.1) is 0 Å². The van der Waals surface area contributed by atoms with Crippen LogP contribution in [-0.2, 0) is 9.59 Å². The minimum atomic E-state index is -0.361. The van der Waals surface area contributed by atoms with Gasteiger partial charge in [0.1, 0.15) is 0 Å². The Morgan fingerprint density at radius 2 is 2.00 bits per heavy atom. The summed E-state index contributed by atoms with van der Waals surface area (Å²) < 4.78 is 0. The maximum atomic E-state index is 12.7. The Labute approximate surface area is 142 Å². The summed E-state index contributed by atoms with van der Waals surface area (Å²) in [5.41, 5.74) is 0. The van der Waals surface area contributed by atoms with Gasteiger partial charge in [0.2, 0.25) is 18.3 Å². The van der Waals surface area contributed by atoms with Gasteiger partial charge >= 0.3 is 0 Å². The lowest BCUT2D eigenvalue weighted by molar-refractivity contribution is -0.157. The van der Waals surface area contributed by atoms with Crippen molar-refractivity contribution in [3.8, 4) is 0 Å². The summed E-state index contributed by atoms with van der Waals surface area (Å²) in [4.78, 5) is 35.7. The molecular weight excluding hydrogens is 310 g/mol. The molecule has 1 aromatic heterocycles. The molecule has 132 valence electrons. The van der Waals surface area contributed by atoms with Gasteiger partial charge in [0.05, 0.1) is 12.5 Å². The Morgan fingerprint density at radius 3 is 2.58 bits per heavy atom. The molecule has 1 fully saturated rings. The number of carbonyl (C=O) groups excluding carboxylic acids is 2. The van der Waals surface area contributed by atoms with Gasteiger partial charge in [-0.05, 0) is 12.5 Å². The third-order valence-electron chi connectivity index (χ3n) is 4.21. The van der Waals surface area contributed by atoms with E-state index < -0.39 is 0 Å². The maximum absolute atomic E-state index is 12.7. The van der Waals surface area contributed by atoms with Crippen LogP contribution in [0.3, 0.4) is 0 Å². The van der Waals surface area contributed by atoms with Crippen molar-refractivity contribution in [3.05, 3.63) is 18.5 Å². The zero-order valence-electron chi connectivity index (χ0n) is 14.0. The molecule has 2 rings (SSSR count). The van der Waals surface area contributed by atoms with Gasteiger partial charge in [0, 0.05) is 38.6 Å². The minimum Gasteiger partial charge on any atom is -0.339 e. The lowest BCUT2D eigenvalue weighted by Gasteiger charge is -2.36. The van der Waals surface area contributed by atoms with Crippen molar-refractivity contribution in [2.45, 2.75) is 26.2 Å². The monoisotopic (exact) mass is 335 g/mol. The third kappa shape index (κ3) is 4.89. The summed E-state index contributed by atoms with van der Waals surface area (Å²) in [6, 6.07) is 1.77. The Bertz CT molecular complexity index is 520. The van der Waals surface area contributed by atoms with Gasteiger partial charge in [-0.2, -0.15) is 0 Å². The molecule has 2 amide bonds. The van der Waals surface area contributed by atoms with Crippen LogP contribution in [0.2, 0.25) is 0 Å². The summed E-state index contributed by atoms with van der Waals surface area (Å²) in [5, 5.41) is 10.00. The molecule has 2 heterocycles. The molecule has 0 aromatic carbocycles. The standard InChI is InChI=1S/C16H25N5O3/c1-2-3-5-14(12-21(24)13-22)15(23)19-8-10-20(11-9-19)16-17-6-4-7-18-16/h4,6-7,13-14,24H,2-3,5,8-12H2,1H3. The Hall–Kier alpha value is -2.22. The van der Waals surface area contributed by atoms with Gasteiger partial charge in [-0.3, -0.25) is 14.8 Å². The highest BCUT2D eigenvalue weighted by atomic mass is 16.5. The largest absolute Gasteiger partial charge is 0.339 e. The van der Waals surface area contributed by atoms with Crippen molar-refractivity contribution < 1.29 is 14.8 Å². The van der Waals surface area contributed by atoms with E-state index in [0.717, 1.165) is 12.8 Å². The highest BCUT2D eigenvalue weighted by Crippen LogP contribution is 2.16. The molecule has 0 saturated carbocycles. The van der Waals surface area contributed by atoms with Gasteiger partial charge in [-0.1, -0.05) is 19.8 Å². The van der Waals surface area contributed by atoms with E-state index in [1.54, 1.807) is 23.4 Å². The third-order valence-corrected chi connectivity index (χ3v) is 4.21. The van der Waals surface area contributed by atoms with Crippen molar-refractivity contribution in [1.82, 2.24) is 19.9 Å². The maximum Gasteiger partial charge on any atom is 0.233 e. The number of hydroxylamine groups is 2. The molecule has 1 aromatic rings. The molecule has 1 aliphatic rings. The molecule has 1 atom stereocenters. The molecular formula is C16H25N5O3. The van der Waals surface area contributed by atoms with E-state index in [1.807, 2.05) is 0 Å². The Balaban J connectivity index is 1.92. The fraction of sp³-hybridized carbons (Fsp3) is 0.625. The van der Waals surface area contributed by atoms with Crippen molar-refractivity contribution in [1.29, 1.82) is 0 Å². The van der Waals surface area contributed by atoms with Crippen LogP contribution in [0, 0.1) is 5.92 Å². The molecule has 0 bridgehead atoms. The first kappa shape index (κ1) is 18.1. The van der Waals surface area contributed by atoms with Crippen LogP contribution >= 0.6 is 0 Å².